The van der Waals surface area contributed by atoms with Gasteiger partial charge in [-0.2, -0.15) is 0 Å². The Labute approximate surface area is 167 Å². The van der Waals surface area contributed by atoms with E-state index in [4.69, 9.17) is 5.11 Å². The van der Waals surface area contributed by atoms with Gasteiger partial charge in [-0.05, 0) is 73.7 Å². The van der Waals surface area contributed by atoms with Crippen molar-refractivity contribution in [3.63, 3.8) is 0 Å². The Morgan fingerprint density at radius 3 is 2.29 bits per heavy atom. The van der Waals surface area contributed by atoms with E-state index in [0.717, 1.165) is 24.0 Å². The molecule has 0 bridgehead atoms. The van der Waals surface area contributed by atoms with E-state index in [-0.39, 0.29) is 11.0 Å². The Morgan fingerprint density at radius 2 is 1.68 bits per heavy atom. The molecule has 3 heteroatoms. The minimum Gasteiger partial charge on any atom is -0.478 e. The van der Waals surface area contributed by atoms with E-state index in [1.807, 2.05) is 0 Å². The maximum absolute atomic E-state index is 11.0. The number of nitrogens with zero attached hydrogens (tertiary/aromatic N) is 1. The molecule has 3 rings (SSSR count). The summed E-state index contributed by atoms with van der Waals surface area (Å²) < 4.78 is 2.38. The molecule has 0 aliphatic heterocycles. The van der Waals surface area contributed by atoms with Crippen molar-refractivity contribution in [2.24, 2.45) is 0 Å². The zero-order chi connectivity index (χ0) is 20.5. The first-order valence-corrected chi connectivity index (χ1v) is 9.78. The van der Waals surface area contributed by atoms with Crippen molar-refractivity contribution in [1.82, 2.24) is 0 Å². The molecule has 0 spiro atoms. The van der Waals surface area contributed by atoms with Crippen molar-refractivity contribution in [3.05, 3.63) is 70.3 Å². The van der Waals surface area contributed by atoms with Crippen molar-refractivity contribution >= 4 is 11.7 Å². The third-order valence-electron chi connectivity index (χ3n) is 5.73. The highest BCUT2D eigenvalue weighted by Crippen LogP contribution is 2.37. The molecule has 144 valence electrons. The third kappa shape index (κ3) is 4.02. The fourth-order valence-corrected chi connectivity index (χ4v) is 3.65. The monoisotopic (exact) mass is 374 g/mol. The van der Waals surface area contributed by atoms with Crippen LogP contribution in [0.3, 0.4) is 0 Å². The largest absolute Gasteiger partial charge is 0.478 e. The lowest BCUT2D eigenvalue weighted by atomic mass is 9.71. The summed E-state index contributed by atoms with van der Waals surface area (Å²) in [6.45, 7) is 9.06. The molecule has 0 aromatic heterocycles. The van der Waals surface area contributed by atoms with E-state index in [1.165, 1.54) is 16.8 Å². The SMILES string of the molecule is CC(C)[N+](C)=C1CCC(C)(C)c2cc(C#Cc3ccc(C(=O)O)cc3)ccc21. The predicted molar refractivity (Wildman–Crippen MR) is 114 cm³/mol. The van der Waals surface area contributed by atoms with Gasteiger partial charge in [0, 0.05) is 23.1 Å². The van der Waals surface area contributed by atoms with Gasteiger partial charge in [0.05, 0.1) is 5.56 Å². The molecular weight excluding hydrogens is 346 g/mol. The molecule has 0 unspecified atom stereocenters. The molecule has 2 aromatic rings. The molecule has 28 heavy (non-hydrogen) atoms. The molecule has 0 radical (unpaired) electrons. The number of carboxylic acids is 1. The lowest BCUT2D eigenvalue weighted by Gasteiger charge is -2.32. The van der Waals surface area contributed by atoms with Crippen LogP contribution in [-0.2, 0) is 5.41 Å². The maximum atomic E-state index is 11.0. The van der Waals surface area contributed by atoms with Crippen LogP contribution >= 0.6 is 0 Å². The van der Waals surface area contributed by atoms with E-state index < -0.39 is 5.97 Å². The van der Waals surface area contributed by atoms with Gasteiger partial charge in [0.25, 0.3) is 0 Å². The van der Waals surface area contributed by atoms with Crippen LogP contribution in [0.5, 0.6) is 0 Å². The van der Waals surface area contributed by atoms with Gasteiger partial charge in [-0.3, -0.25) is 0 Å². The highest BCUT2D eigenvalue weighted by molar-refractivity contribution is 6.00. The molecule has 0 saturated heterocycles. The minimum atomic E-state index is -0.921. The normalized spacial score (nSPS) is 16.8. The third-order valence-corrected chi connectivity index (χ3v) is 5.73. The second kappa shape index (κ2) is 7.64. The van der Waals surface area contributed by atoms with Crippen LogP contribution in [-0.4, -0.2) is 34.5 Å². The second-order valence-electron chi connectivity index (χ2n) is 8.43. The average Bonchev–Trinajstić information content (AvgIpc) is 2.66. The number of carboxylic acid groups (broad SMARTS) is 1. The van der Waals surface area contributed by atoms with Gasteiger partial charge < -0.3 is 5.11 Å². The Kier molecular flexibility index (Phi) is 5.42. The Hall–Kier alpha value is -2.86. The van der Waals surface area contributed by atoms with Gasteiger partial charge in [0.1, 0.15) is 13.1 Å². The molecular formula is C25H28NO2+. The van der Waals surface area contributed by atoms with Crippen LogP contribution in [0.4, 0.5) is 0 Å². The summed E-state index contributed by atoms with van der Waals surface area (Å²) >= 11 is 0. The van der Waals surface area contributed by atoms with Crippen molar-refractivity contribution in [3.8, 4) is 11.8 Å². The summed E-state index contributed by atoms with van der Waals surface area (Å²) in [6.07, 6.45) is 2.22. The number of fused-ring (bicyclic) bond motifs is 1. The standard InChI is InChI=1S/C25H27NO2/c1-17(2)26(5)23-14-15-25(3,4)22-16-19(10-13-21(22)23)7-6-18-8-11-20(12-9-18)24(27)28/h8-13,16-17H,14-15H2,1-5H3/p+1. The first-order valence-electron chi connectivity index (χ1n) is 9.78. The number of hydrogen-bond donors (Lipinski definition) is 1. The topological polar surface area (TPSA) is 40.3 Å². The molecule has 1 aliphatic rings. The molecule has 0 atom stereocenters. The van der Waals surface area contributed by atoms with E-state index in [2.05, 4.69) is 69.4 Å². The van der Waals surface area contributed by atoms with Gasteiger partial charge in [0.2, 0.25) is 0 Å². The predicted octanol–water partition coefficient (Wildman–Crippen LogP) is 4.70. The Bertz CT molecular complexity index is 999. The number of carbonyl (C=O) groups is 1. The van der Waals surface area contributed by atoms with Crippen molar-refractivity contribution < 1.29 is 14.5 Å². The summed E-state index contributed by atoms with van der Waals surface area (Å²) in [5.41, 5.74) is 6.30. The maximum Gasteiger partial charge on any atom is 0.335 e. The lowest BCUT2D eigenvalue weighted by molar-refractivity contribution is -0.530. The molecule has 3 nitrogen and oxygen atoms in total. The van der Waals surface area contributed by atoms with Crippen LogP contribution in [0.1, 0.15) is 73.1 Å². The summed E-state index contributed by atoms with van der Waals surface area (Å²) in [7, 11) is 2.18. The van der Waals surface area contributed by atoms with E-state index in [9.17, 15) is 4.79 Å². The highest BCUT2D eigenvalue weighted by Gasteiger charge is 2.34. The summed E-state index contributed by atoms with van der Waals surface area (Å²) in [5, 5.41) is 9.00. The van der Waals surface area contributed by atoms with Gasteiger partial charge in [0.15, 0.2) is 5.71 Å². The van der Waals surface area contributed by atoms with Crippen molar-refractivity contribution in [2.75, 3.05) is 7.05 Å². The lowest BCUT2D eigenvalue weighted by Crippen LogP contribution is -2.34. The highest BCUT2D eigenvalue weighted by atomic mass is 16.4. The molecule has 1 N–H and O–H groups in total. The van der Waals surface area contributed by atoms with Gasteiger partial charge >= 0.3 is 5.97 Å². The zero-order valence-electron chi connectivity index (χ0n) is 17.3. The van der Waals surface area contributed by atoms with E-state index >= 15 is 0 Å². The molecule has 0 saturated carbocycles. The van der Waals surface area contributed by atoms with Crippen LogP contribution < -0.4 is 0 Å². The molecule has 2 aromatic carbocycles. The Balaban J connectivity index is 1.99. The van der Waals surface area contributed by atoms with E-state index in [0.29, 0.717) is 6.04 Å². The quantitative estimate of drug-likeness (QED) is 0.612. The fraction of sp³-hybridized carbons (Fsp3) is 0.360. The summed E-state index contributed by atoms with van der Waals surface area (Å²) in [4.78, 5) is 11.0. The number of aromatic carboxylic acids is 1. The van der Waals surface area contributed by atoms with Gasteiger partial charge in [-0.25, -0.2) is 9.37 Å². The first-order chi connectivity index (χ1) is 13.2. The number of benzene rings is 2. The van der Waals surface area contributed by atoms with Crippen LogP contribution in [0.25, 0.3) is 0 Å². The van der Waals surface area contributed by atoms with E-state index in [1.54, 1.807) is 24.3 Å². The molecule has 0 fully saturated rings. The van der Waals surface area contributed by atoms with Crippen LogP contribution in [0.15, 0.2) is 42.5 Å². The summed E-state index contributed by atoms with van der Waals surface area (Å²) in [5.74, 6) is 5.48. The van der Waals surface area contributed by atoms with Crippen molar-refractivity contribution in [1.29, 1.82) is 0 Å². The van der Waals surface area contributed by atoms with Crippen LogP contribution in [0, 0.1) is 11.8 Å². The first kappa shape index (κ1) is 19.9. The second-order valence-corrected chi connectivity index (χ2v) is 8.43. The molecule has 0 heterocycles. The number of rotatable bonds is 2. The Morgan fingerprint density at radius 1 is 1.07 bits per heavy atom. The average molecular weight is 375 g/mol. The van der Waals surface area contributed by atoms with Gasteiger partial charge in [-0.15, -0.1) is 0 Å². The smallest absolute Gasteiger partial charge is 0.335 e. The van der Waals surface area contributed by atoms with Crippen molar-refractivity contribution in [2.45, 2.75) is 52.0 Å². The molecule has 1 aliphatic carbocycles. The summed E-state index contributed by atoms with van der Waals surface area (Å²) in [6, 6.07) is 13.7. The number of hydrogen-bond acceptors (Lipinski definition) is 1. The fourth-order valence-electron chi connectivity index (χ4n) is 3.65. The minimum absolute atomic E-state index is 0.122. The molecule has 0 amide bonds. The zero-order valence-corrected chi connectivity index (χ0v) is 17.3. The van der Waals surface area contributed by atoms with Gasteiger partial charge in [-0.1, -0.05) is 25.7 Å². The van der Waals surface area contributed by atoms with Crippen LogP contribution in [0.2, 0.25) is 0 Å².